The van der Waals surface area contributed by atoms with Gasteiger partial charge in [-0.05, 0) is 12.8 Å². The van der Waals surface area contributed by atoms with Crippen molar-refractivity contribution in [2.75, 3.05) is 18.8 Å². The molecular weight excluding hydrogens is 282 g/mol. The molecule has 1 fully saturated rings. The van der Waals surface area contributed by atoms with Crippen molar-refractivity contribution in [1.29, 1.82) is 0 Å². The Balaban J connectivity index is 1.77. The van der Waals surface area contributed by atoms with E-state index in [0.717, 1.165) is 18.7 Å². The van der Waals surface area contributed by atoms with Gasteiger partial charge in [-0.1, -0.05) is 11.6 Å². The number of amides is 1. The van der Waals surface area contributed by atoms with Gasteiger partial charge in [-0.2, -0.15) is 10.2 Å². The molecule has 20 heavy (non-hydrogen) atoms. The summed E-state index contributed by atoms with van der Waals surface area (Å²) < 4.78 is 0. The fourth-order valence-corrected chi connectivity index (χ4v) is 2.60. The van der Waals surface area contributed by atoms with E-state index in [1.54, 1.807) is 4.90 Å². The number of carbonyl (C=O) groups is 1. The molecule has 0 bridgehead atoms. The summed E-state index contributed by atoms with van der Waals surface area (Å²) in [5.41, 5.74) is 5.78. The van der Waals surface area contributed by atoms with Crippen molar-refractivity contribution >= 4 is 23.3 Å². The lowest BCUT2D eigenvalue weighted by Crippen LogP contribution is -2.39. The summed E-state index contributed by atoms with van der Waals surface area (Å²) in [6.45, 7) is 1.25. The summed E-state index contributed by atoms with van der Waals surface area (Å²) in [5, 5.41) is 13.2. The average molecular weight is 296 g/mol. The first-order valence-electron chi connectivity index (χ1n) is 6.30. The van der Waals surface area contributed by atoms with Gasteiger partial charge in [-0.15, -0.1) is 0 Å². The molecule has 0 spiro atoms. The fourth-order valence-electron chi connectivity index (χ4n) is 2.44. The third kappa shape index (κ3) is 2.22. The first-order valence-corrected chi connectivity index (χ1v) is 6.68. The van der Waals surface area contributed by atoms with Crippen LogP contribution in [-0.4, -0.2) is 49.3 Å². The summed E-state index contributed by atoms with van der Waals surface area (Å²) in [4.78, 5) is 18.3. The van der Waals surface area contributed by atoms with Gasteiger partial charge < -0.3 is 10.6 Å². The van der Waals surface area contributed by atoms with E-state index >= 15 is 0 Å². The second kappa shape index (κ2) is 5.12. The number of rotatable bonds is 2. The van der Waals surface area contributed by atoms with E-state index < -0.39 is 0 Å². The number of piperidine rings is 1. The minimum absolute atomic E-state index is 0.138. The summed E-state index contributed by atoms with van der Waals surface area (Å²) in [5.74, 6) is 0.911. The topological polar surface area (TPSA) is 117 Å². The summed E-state index contributed by atoms with van der Waals surface area (Å²) in [6, 6.07) is 0. The Hall–Kier alpha value is -2.09. The standard InChI is InChI=1S/C11H14ClN7O/c12-7-8(16-17-9(7)13)11(20)19-3-1-2-6(4-19)10-14-5-15-18-10/h5-6H,1-4H2,(H3,13,16,17)(H,14,15,18)/t6-/m0/s1. The Morgan fingerprint density at radius 1 is 1.50 bits per heavy atom. The number of carbonyl (C=O) groups excluding carboxylic acids is 1. The van der Waals surface area contributed by atoms with Crippen LogP contribution in [-0.2, 0) is 0 Å². The summed E-state index contributed by atoms with van der Waals surface area (Å²) in [7, 11) is 0. The van der Waals surface area contributed by atoms with Gasteiger partial charge in [0.15, 0.2) is 5.82 Å². The molecule has 0 aromatic carbocycles. The van der Waals surface area contributed by atoms with Crippen LogP contribution >= 0.6 is 11.6 Å². The molecule has 4 N–H and O–H groups in total. The molecule has 3 heterocycles. The van der Waals surface area contributed by atoms with E-state index in [1.165, 1.54) is 6.33 Å². The van der Waals surface area contributed by atoms with Crippen LogP contribution in [0.2, 0.25) is 5.02 Å². The molecule has 2 aromatic heterocycles. The zero-order chi connectivity index (χ0) is 14.1. The van der Waals surface area contributed by atoms with Crippen LogP contribution < -0.4 is 5.73 Å². The largest absolute Gasteiger partial charge is 0.381 e. The Labute approximate surface area is 119 Å². The van der Waals surface area contributed by atoms with Gasteiger partial charge >= 0.3 is 0 Å². The maximum atomic E-state index is 12.4. The van der Waals surface area contributed by atoms with E-state index in [-0.39, 0.29) is 28.4 Å². The number of nitrogens with zero attached hydrogens (tertiary/aromatic N) is 4. The molecule has 0 radical (unpaired) electrons. The van der Waals surface area contributed by atoms with E-state index in [1.807, 2.05) is 0 Å². The predicted octanol–water partition coefficient (Wildman–Crippen LogP) is 0.783. The monoisotopic (exact) mass is 295 g/mol. The average Bonchev–Trinajstić information content (AvgIpc) is 3.10. The van der Waals surface area contributed by atoms with Crippen LogP contribution in [0.25, 0.3) is 0 Å². The van der Waals surface area contributed by atoms with E-state index in [4.69, 9.17) is 17.3 Å². The quantitative estimate of drug-likeness (QED) is 0.757. The number of aromatic amines is 2. The third-order valence-corrected chi connectivity index (χ3v) is 3.86. The second-order valence-electron chi connectivity index (χ2n) is 4.76. The number of likely N-dealkylation sites (tertiary alicyclic amines) is 1. The van der Waals surface area contributed by atoms with Gasteiger partial charge in [-0.3, -0.25) is 15.0 Å². The lowest BCUT2D eigenvalue weighted by molar-refractivity contribution is 0.0699. The van der Waals surface area contributed by atoms with Crippen LogP contribution in [0.1, 0.15) is 35.1 Å². The number of aromatic nitrogens is 5. The Bertz CT molecular complexity index is 608. The molecule has 1 aliphatic heterocycles. The van der Waals surface area contributed by atoms with Gasteiger partial charge in [0.2, 0.25) is 0 Å². The number of nitrogens with one attached hydrogen (secondary N) is 2. The molecule has 1 atom stereocenters. The van der Waals surface area contributed by atoms with E-state index in [0.29, 0.717) is 13.1 Å². The highest BCUT2D eigenvalue weighted by molar-refractivity contribution is 6.35. The highest BCUT2D eigenvalue weighted by atomic mass is 35.5. The molecule has 106 valence electrons. The van der Waals surface area contributed by atoms with Gasteiger partial charge in [-0.25, -0.2) is 4.98 Å². The van der Waals surface area contributed by atoms with Crippen molar-refractivity contribution in [1.82, 2.24) is 30.3 Å². The molecule has 0 unspecified atom stereocenters. The van der Waals surface area contributed by atoms with Gasteiger partial charge in [0, 0.05) is 19.0 Å². The van der Waals surface area contributed by atoms with Crippen molar-refractivity contribution in [3.8, 4) is 0 Å². The van der Waals surface area contributed by atoms with Crippen molar-refractivity contribution in [2.24, 2.45) is 0 Å². The van der Waals surface area contributed by atoms with Gasteiger partial charge in [0.05, 0.1) is 0 Å². The van der Waals surface area contributed by atoms with Crippen molar-refractivity contribution in [2.45, 2.75) is 18.8 Å². The number of nitrogens with two attached hydrogens (primary N) is 1. The molecule has 9 heteroatoms. The molecule has 1 amide bonds. The number of H-pyrrole nitrogens is 2. The molecule has 1 saturated heterocycles. The van der Waals surface area contributed by atoms with Crippen LogP contribution in [0, 0.1) is 0 Å². The number of hydrogen-bond donors (Lipinski definition) is 3. The highest BCUT2D eigenvalue weighted by Crippen LogP contribution is 2.27. The van der Waals surface area contributed by atoms with Gasteiger partial charge in [0.1, 0.15) is 22.9 Å². The maximum absolute atomic E-state index is 12.4. The number of nitrogen functional groups attached to an aromatic ring is 1. The first kappa shape index (κ1) is 12.9. The number of halogens is 1. The van der Waals surface area contributed by atoms with Crippen LogP contribution in [0.5, 0.6) is 0 Å². The summed E-state index contributed by atoms with van der Waals surface area (Å²) in [6.07, 6.45) is 3.35. The van der Waals surface area contributed by atoms with Crippen molar-refractivity contribution in [3.63, 3.8) is 0 Å². The minimum Gasteiger partial charge on any atom is -0.381 e. The zero-order valence-corrected chi connectivity index (χ0v) is 11.4. The Morgan fingerprint density at radius 2 is 2.35 bits per heavy atom. The molecule has 0 saturated carbocycles. The zero-order valence-electron chi connectivity index (χ0n) is 10.6. The summed E-state index contributed by atoms with van der Waals surface area (Å²) >= 11 is 5.96. The number of anilines is 1. The molecule has 3 rings (SSSR count). The van der Waals surface area contributed by atoms with E-state index in [9.17, 15) is 4.79 Å². The Morgan fingerprint density at radius 3 is 3.00 bits per heavy atom. The number of hydrogen-bond acceptors (Lipinski definition) is 5. The molecule has 8 nitrogen and oxygen atoms in total. The van der Waals surface area contributed by atoms with Crippen molar-refractivity contribution < 1.29 is 4.79 Å². The molecule has 0 aliphatic carbocycles. The Kier molecular flexibility index (Phi) is 3.31. The smallest absolute Gasteiger partial charge is 0.273 e. The van der Waals surface area contributed by atoms with E-state index in [2.05, 4.69) is 25.4 Å². The highest BCUT2D eigenvalue weighted by Gasteiger charge is 2.29. The third-order valence-electron chi connectivity index (χ3n) is 3.48. The predicted molar refractivity (Wildman–Crippen MR) is 72.3 cm³/mol. The molecular formula is C11H14ClN7O. The first-order chi connectivity index (χ1) is 9.66. The van der Waals surface area contributed by atoms with Crippen molar-refractivity contribution in [3.05, 3.63) is 22.9 Å². The SMILES string of the molecule is Nc1n[nH]c(C(=O)N2CCC[C@H](c3ncn[nH]3)C2)c1Cl. The fraction of sp³-hybridized carbons (Fsp3) is 0.455. The van der Waals surface area contributed by atoms with Gasteiger partial charge in [0.25, 0.3) is 5.91 Å². The normalized spacial score (nSPS) is 19.2. The second-order valence-corrected chi connectivity index (χ2v) is 5.14. The molecule has 1 aliphatic rings. The molecule has 2 aromatic rings. The maximum Gasteiger partial charge on any atom is 0.273 e. The van der Waals surface area contributed by atoms with Crippen LogP contribution in [0.3, 0.4) is 0 Å². The minimum atomic E-state index is -0.191. The lowest BCUT2D eigenvalue weighted by Gasteiger charge is -2.31. The lowest BCUT2D eigenvalue weighted by atomic mass is 9.97. The van der Waals surface area contributed by atoms with Crippen LogP contribution in [0.4, 0.5) is 5.82 Å². The van der Waals surface area contributed by atoms with Crippen LogP contribution in [0.15, 0.2) is 6.33 Å².